The van der Waals surface area contributed by atoms with Gasteiger partial charge in [0.2, 0.25) is 0 Å². The van der Waals surface area contributed by atoms with Crippen LogP contribution in [0.4, 0.5) is 4.79 Å². The van der Waals surface area contributed by atoms with E-state index in [1.165, 1.54) is 4.88 Å². The second kappa shape index (κ2) is 9.28. The molecule has 0 bridgehead atoms. The first-order valence-corrected chi connectivity index (χ1v) is 9.37. The molecular weight excluding hydrogens is 308 g/mol. The number of nitrogens with one attached hydrogen (secondary N) is 1. The van der Waals surface area contributed by atoms with Crippen molar-refractivity contribution in [3.63, 3.8) is 0 Å². The van der Waals surface area contributed by atoms with Gasteiger partial charge in [-0.3, -0.25) is 0 Å². The van der Waals surface area contributed by atoms with Crippen molar-refractivity contribution in [3.8, 4) is 0 Å². The zero-order valence-corrected chi connectivity index (χ0v) is 16.2. The van der Waals surface area contributed by atoms with Gasteiger partial charge in [0.25, 0.3) is 0 Å². The van der Waals surface area contributed by atoms with Gasteiger partial charge in [-0.2, -0.15) is 0 Å². The number of ether oxygens (including phenoxy) is 1. The van der Waals surface area contributed by atoms with Crippen LogP contribution < -0.4 is 5.32 Å². The minimum atomic E-state index is -0.440. The van der Waals surface area contributed by atoms with Gasteiger partial charge in [0.15, 0.2) is 0 Å². The molecule has 0 aliphatic carbocycles. The quantitative estimate of drug-likeness (QED) is 0.699. The third-order valence-electron chi connectivity index (χ3n) is 3.52. The van der Waals surface area contributed by atoms with E-state index in [4.69, 9.17) is 4.74 Å². The largest absolute Gasteiger partial charge is 0.444 e. The van der Waals surface area contributed by atoms with Crippen LogP contribution in [0.25, 0.3) is 0 Å². The van der Waals surface area contributed by atoms with Crippen LogP contribution >= 0.6 is 11.3 Å². The van der Waals surface area contributed by atoms with Crippen LogP contribution in [0.15, 0.2) is 17.5 Å². The summed E-state index contributed by atoms with van der Waals surface area (Å²) in [6, 6.07) is 4.66. The molecule has 0 spiro atoms. The van der Waals surface area contributed by atoms with Gasteiger partial charge in [-0.05, 0) is 58.0 Å². The second-order valence-corrected chi connectivity index (χ2v) is 8.08. The molecular formula is C18H32N2O2S. The summed E-state index contributed by atoms with van der Waals surface area (Å²) in [5.74, 6) is 0.543. The molecule has 1 aromatic rings. The molecule has 0 aromatic carbocycles. The topological polar surface area (TPSA) is 41.6 Å². The predicted molar refractivity (Wildman–Crippen MR) is 98.0 cm³/mol. The highest BCUT2D eigenvalue weighted by molar-refractivity contribution is 7.10. The lowest BCUT2D eigenvalue weighted by Crippen LogP contribution is -2.38. The number of carbonyl (C=O) groups excluding carboxylic acids is 1. The zero-order chi connectivity index (χ0) is 17.5. The van der Waals surface area contributed by atoms with E-state index in [0.29, 0.717) is 25.0 Å². The molecule has 23 heavy (non-hydrogen) atoms. The van der Waals surface area contributed by atoms with Gasteiger partial charge in [-0.15, -0.1) is 11.3 Å². The van der Waals surface area contributed by atoms with Crippen LogP contribution in [0.2, 0.25) is 0 Å². The van der Waals surface area contributed by atoms with E-state index in [0.717, 1.165) is 13.0 Å². The van der Waals surface area contributed by atoms with Gasteiger partial charge in [0.1, 0.15) is 5.60 Å². The van der Waals surface area contributed by atoms with Gasteiger partial charge >= 0.3 is 6.09 Å². The SMILES string of the molecule is CCN(CCCNC(c1cccs1)C(C)C)C(=O)OC(C)(C)C. The first-order chi connectivity index (χ1) is 10.7. The lowest BCUT2D eigenvalue weighted by atomic mass is 10.0. The Hall–Kier alpha value is -1.07. The maximum Gasteiger partial charge on any atom is 0.410 e. The van der Waals surface area contributed by atoms with Gasteiger partial charge in [-0.1, -0.05) is 19.9 Å². The summed E-state index contributed by atoms with van der Waals surface area (Å²) < 4.78 is 5.43. The van der Waals surface area contributed by atoms with Crippen LogP contribution in [-0.4, -0.2) is 36.2 Å². The van der Waals surface area contributed by atoms with Crippen molar-refractivity contribution in [1.82, 2.24) is 10.2 Å². The summed E-state index contributed by atoms with van der Waals surface area (Å²) in [5.41, 5.74) is -0.440. The predicted octanol–water partition coefficient (Wildman–Crippen LogP) is 4.68. The molecule has 4 nitrogen and oxygen atoms in total. The molecule has 0 aliphatic rings. The van der Waals surface area contributed by atoms with E-state index in [1.54, 1.807) is 16.2 Å². The van der Waals surface area contributed by atoms with Crippen molar-refractivity contribution >= 4 is 17.4 Å². The molecule has 132 valence electrons. The van der Waals surface area contributed by atoms with E-state index >= 15 is 0 Å². The molecule has 5 heteroatoms. The molecule has 1 rings (SSSR count). The Bertz CT molecular complexity index is 452. The first kappa shape index (κ1) is 20.0. The summed E-state index contributed by atoms with van der Waals surface area (Å²) in [6.45, 7) is 14.4. The molecule has 1 aromatic heterocycles. The lowest BCUT2D eigenvalue weighted by Gasteiger charge is -2.27. The van der Waals surface area contributed by atoms with E-state index in [2.05, 4.69) is 36.7 Å². The third kappa shape index (κ3) is 7.36. The molecule has 1 heterocycles. The molecule has 0 saturated heterocycles. The highest BCUT2D eigenvalue weighted by atomic mass is 32.1. The number of nitrogens with zero attached hydrogens (tertiary/aromatic N) is 1. The smallest absolute Gasteiger partial charge is 0.410 e. The average Bonchev–Trinajstić information content (AvgIpc) is 2.94. The Morgan fingerprint density at radius 1 is 1.39 bits per heavy atom. The number of hydrogen-bond donors (Lipinski definition) is 1. The Labute approximate surface area is 145 Å². The lowest BCUT2D eigenvalue weighted by molar-refractivity contribution is 0.0258. The normalized spacial score (nSPS) is 13.2. The van der Waals surface area contributed by atoms with Gasteiger partial charge < -0.3 is 15.0 Å². The van der Waals surface area contributed by atoms with Gasteiger partial charge in [0.05, 0.1) is 0 Å². The second-order valence-electron chi connectivity index (χ2n) is 7.10. The van der Waals surface area contributed by atoms with E-state index < -0.39 is 5.60 Å². The number of hydrogen-bond acceptors (Lipinski definition) is 4. The summed E-state index contributed by atoms with van der Waals surface area (Å²) in [7, 11) is 0. The van der Waals surface area contributed by atoms with E-state index in [9.17, 15) is 4.79 Å². The van der Waals surface area contributed by atoms with Crippen LogP contribution in [0, 0.1) is 5.92 Å². The minimum Gasteiger partial charge on any atom is -0.444 e. The summed E-state index contributed by atoms with van der Waals surface area (Å²) >= 11 is 1.79. The van der Waals surface area contributed by atoms with Gasteiger partial charge in [0, 0.05) is 24.0 Å². The minimum absolute atomic E-state index is 0.223. The monoisotopic (exact) mass is 340 g/mol. The maximum atomic E-state index is 12.1. The van der Waals surface area contributed by atoms with Crippen molar-refractivity contribution in [2.45, 2.75) is 59.6 Å². The van der Waals surface area contributed by atoms with Crippen molar-refractivity contribution in [2.75, 3.05) is 19.6 Å². The highest BCUT2D eigenvalue weighted by Gasteiger charge is 2.21. The Morgan fingerprint density at radius 2 is 2.09 bits per heavy atom. The summed E-state index contributed by atoms with van der Waals surface area (Å²) in [6.07, 6.45) is 0.695. The molecule has 0 saturated carbocycles. The molecule has 1 amide bonds. The average molecular weight is 341 g/mol. The third-order valence-corrected chi connectivity index (χ3v) is 4.47. The Morgan fingerprint density at radius 3 is 2.57 bits per heavy atom. The fourth-order valence-corrected chi connectivity index (χ4v) is 3.34. The first-order valence-electron chi connectivity index (χ1n) is 8.49. The summed E-state index contributed by atoms with van der Waals surface area (Å²) in [4.78, 5) is 15.2. The molecule has 0 aliphatic heterocycles. The van der Waals surface area contributed by atoms with Gasteiger partial charge in [-0.25, -0.2) is 4.79 Å². The molecule has 1 atom stereocenters. The Balaban J connectivity index is 2.40. The van der Waals surface area contributed by atoms with Crippen molar-refractivity contribution < 1.29 is 9.53 Å². The Kier molecular flexibility index (Phi) is 8.06. The zero-order valence-electron chi connectivity index (χ0n) is 15.4. The number of carbonyl (C=O) groups is 1. The fourth-order valence-electron chi connectivity index (χ4n) is 2.37. The van der Waals surface area contributed by atoms with Crippen molar-refractivity contribution in [1.29, 1.82) is 0 Å². The molecule has 1 N–H and O–H groups in total. The fraction of sp³-hybridized carbons (Fsp3) is 0.722. The molecule has 0 fully saturated rings. The number of rotatable bonds is 8. The standard InChI is InChI=1S/C18H32N2O2S/c1-7-20(17(21)22-18(4,5)6)12-9-11-19-16(14(2)3)15-10-8-13-23-15/h8,10,13-14,16,19H,7,9,11-12H2,1-6H3. The van der Waals surface area contributed by atoms with Crippen LogP contribution in [0.5, 0.6) is 0 Å². The molecule has 0 radical (unpaired) electrons. The maximum absolute atomic E-state index is 12.1. The number of thiophene rings is 1. The van der Waals surface area contributed by atoms with E-state index in [1.807, 2.05) is 27.7 Å². The van der Waals surface area contributed by atoms with Crippen molar-refractivity contribution in [2.24, 2.45) is 5.92 Å². The highest BCUT2D eigenvalue weighted by Crippen LogP contribution is 2.25. The van der Waals surface area contributed by atoms with E-state index in [-0.39, 0.29) is 6.09 Å². The van der Waals surface area contributed by atoms with Crippen LogP contribution in [0.1, 0.15) is 58.9 Å². The van der Waals surface area contributed by atoms with Crippen molar-refractivity contribution in [3.05, 3.63) is 22.4 Å². The van der Waals surface area contributed by atoms with Crippen LogP contribution in [-0.2, 0) is 4.74 Å². The number of amides is 1. The van der Waals surface area contributed by atoms with Crippen LogP contribution in [0.3, 0.4) is 0 Å². The summed E-state index contributed by atoms with van der Waals surface area (Å²) in [5, 5.41) is 5.74. The molecule has 1 unspecified atom stereocenters.